The van der Waals surface area contributed by atoms with Crippen LogP contribution in [-0.2, 0) is 0 Å². The zero-order valence-corrected chi connectivity index (χ0v) is 18.8. The van der Waals surface area contributed by atoms with Crippen molar-refractivity contribution in [3.8, 4) is 0 Å². The van der Waals surface area contributed by atoms with Crippen molar-refractivity contribution in [3.05, 3.63) is 0 Å². The maximum absolute atomic E-state index is 4.24. The van der Waals surface area contributed by atoms with E-state index in [1.165, 1.54) is 103 Å². The second kappa shape index (κ2) is 27.9. The minimum Gasteiger partial charge on any atom is -0.179 e. The molecule has 23 heavy (non-hydrogen) atoms. The minimum absolute atomic E-state index is 1.07. The highest BCUT2D eigenvalue weighted by molar-refractivity contribution is 8.76. The third-order valence-electron chi connectivity index (χ3n) is 4.18. The summed E-state index contributed by atoms with van der Waals surface area (Å²) in [5.41, 5.74) is 0. The van der Waals surface area contributed by atoms with E-state index in [1.807, 2.05) is 0 Å². The van der Waals surface area contributed by atoms with Gasteiger partial charge in [0.25, 0.3) is 0 Å². The lowest BCUT2D eigenvalue weighted by Crippen LogP contribution is -1.83. The molecule has 0 nitrogen and oxygen atoms in total. The quantitative estimate of drug-likeness (QED) is 0.152. The van der Waals surface area contributed by atoms with Crippen LogP contribution >= 0.6 is 34.2 Å². The normalized spacial score (nSPS) is 10.4. The molecule has 0 aromatic rings. The lowest BCUT2D eigenvalue weighted by atomic mass is 10.0. The number of hydrogen-bond donors (Lipinski definition) is 1. The summed E-state index contributed by atoms with van der Waals surface area (Å²) >= 11 is 4.24. The summed E-state index contributed by atoms with van der Waals surface area (Å²) in [6.45, 7) is 2.29. The van der Waals surface area contributed by atoms with Crippen molar-refractivity contribution in [3.63, 3.8) is 0 Å². The molecule has 0 aromatic heterocycles. The molecule has 0 aliphatic heterocycles. The molecule has 0 atom stereocenters. The largest absolute Gasteiger partial charge is 0.179 e. The lowest BCUT2D eigenvalue weighted by Gasteiger charge is -2.03. The Morgan fingerprint density at radius 1 is 0.478 bits per heavy atom. The third-order valence-corrected chi connectivity index (χ3v) is 5.83. The molecule has 0 amide bonds. The Balaban J connectivity index is 0. The second-order valence-electron chi connectivity index (χ2n) is 6.36. The molecule has 0 bridgehead atoms. The van der Waals surface area contributed by atoms with E-state index in [1.54, 1.807) is 21.6 Å². The van der Waals surface area contributed by atoms with Crippen molar-refractivity contribution in [2.45, 2.75) is 110 Å². The maximum Gasteiger partial charge on any atom is -0.00793 e. The summed E-state index contributed by atoms with van der Waals surface area (Å²) in [5, 5.41) is 0. The topological polar surface area (TPSA) is 0 Å². The van der Waals surface area contributed by atoms with Crippen molar-refractivity contribution in [2.75, 3.05) is 18.3 Å². The Morgan fingerprint density at radius 3 is 0.957 bits per heavy atom. The van der Waals surface area contributed by atoms with Crippen molar-refractivity contribution in [1.29, 1.82) is 0 Å². The van der Waals surface area contributed by atoms with Crippen molar-refractivity contribution >= 4 is 34.2 Å². The van der Waals surface area contributed by atoms with E-state index in [0.717, 1.165) is 5.75 Å². The molecular weight excluding hydrogens is 336 g/mol. The highest BCUT2D eigenvalue weighted by Gasteiger charge is 1.94. The van der Waals surface area contributed by atoms with Crippen LogP contribution in [-0.4, -0.2) is 18.3 Å². The van der Waals surface area contributed by atoms with Crippen molar-refractivity contribution < 1.29 is 0 Å². The number of rotatable bonds is 17. The number of thiol groups is 1. The summed E-state index contributed by atoms with van der Waals surface area (Å²) in [6, 6.07) is 0. The van der Waals surface area contributed by atoms with Gasteiger partial charge in [0.2, 0.25) is 0 Å². The first-order valence-corrected chi connectivity index (χ1v) is 13.6. The van der Waals surface area contributed by atoms with Crippen LogP contribution in [0.1, 0.15) is 110 Å². The van der Waals surface area contributed by atoms with E-state index in [4.69, 9.17) is 0 Å². The zero-order valence-electron chi connectivity index (χ0n) is 16.3. The SMILES string of the molecule is CCCCCCCCCCCCCCCCCCS.CSSC. The van der Waals surface area contributed by atoms with Gasteiger partial charge in [0, 0.05) is 0 Å². The predicted octanol–water partition coefficient (Wildman–Crippen LogP) is 8.81. The van der Waals surface area contributed by atoms with E-state index in [0.29, 0.717) is 0 Å². The first kappa shape index (κ1) is 26.3. The molecule has 0 heterocycles. The Bertz CT molecular complexity index is 156. The third kappa shape index (κ3) is 31.3. The second-order valence-corrected chi connectivity index (χ2v) is 9.47. The van der Waals surface area contributed by atoms with Gasteiger partial charge in [0.15, 0.2) is 0 Å². The monoisotopic (exact) mass is 380 g/mol. The average Bonchev–Trinajstić information content (AvgIpc) is 2.58. The van der Waals surface area contributed by atoms with Crippen LogP contribution < -0.4 is 0 Å². The molecule has 0 spiro atoms. The first-order chi connectivity index (χ1) is 11.3. The molecule has 142 valence electrons. The van der Waals surface area contributed by atoms with Crippen molar-refractivity contribution in [1.82, 2.24) is 0 Å². The van der Waals surface area contributed by atoms with Crippen molar-refractivity contribution in [2.24, 2.45) is 0 Å². The molecular formula is C20H44S3. The molecule has 0 unspecified atom stereocenters. The van der Waals surface area contributed by atoms with Crippen LogP contribution in [0.15, 0.2) is 0 Å². The van der Waals surface area contributed by atoms with Crippen LogP contribution in [0.2, 0.25) is 0 Å². The standard InChI is InChI=1S/C18H38S.C2H6S2/c1-2-3-4-5-6-7-8-9-10-11-12-13-14-15-16-17-18-19;1-3-4-2/h19H,2-18H2,1H3;1-2H3. The Hall–Kier alpha value is 1.05. The van der Waals surface area contributed by atoms with Crippen LogP contribution in [0.4, 0.5) is 0 Å². The van der Waals surface area contributed by atoms with Gasteiger partial charge in [-0.15, -0.1) is 0 Å². The van der Waals surface area contributed by atoms with E-state index >= 15 is 0 Å². The minimum atomic E-state index is 1.07. The molecule has 0 fully saturated rings. The average molecular weight is 381 g/mol. The highest BCUT2D eigenvalue weighted by atomic mass is 33.1. The van der Waals surface area contributed by atoms with E-state index in [9.17, 15) is 0 Å². The Morgan fingerprint density at radius 2 is 0.739 bits per heavy atom. The van der Waals surface area contributed by atoms with Gasteiger partial charge in [0.05, 0.1) is 0 Å². The van der Waals surface area contributed by atoms with Crippen LogP contribution in [0, 0.1) is 0 Å². The molecule has 0 rings (SSSR count). The van der Waals surface area contributed by atoms with Crippen LogP contribution in [0.3, 0.4) is 0 Å². The summed E-state index contributed by atoms with van der Waals surface area (Å²) in [7, 11) is 3.55. The molecule has 0 aliphatic carbocycles. The highest BCUT2D eigenvalue weighted by Crippen LogP contribution is 2.13. The van der Waals surface area contributed by atoms with Gasteiger partial charge in [0.1, 0.15) is 0 Å². The number of hydrogen-bond acceptors (Lipinski definition) is 3. The van der Waals surface area contributed by atoms with Gasteiger partial charge in [-0.25, -0.2) is 0 Å². The van der Waals surface area contributed by atoms with E-state index < -0.39 is 0 Å². The fourth-order valence-corrected chi connectivity index (χ4v) is 2.88. The molecule has 0 radical (unpaired) electrons. The number of unbranched alkanes of at least 4 members (excludes halogenated alkanes) is 15. The first-order valence-electron chi connectivity index (χ1n) is 10.0. The molecule has 0 aliphatic rings. The fourth-order valence-electron chi connectivity index (χ4n) is 2.66. The van der Waals surface area contributed by atoms with Crippen LogP contribution in [0.5, 0.6) is 0 Å². The molecule has 0 saturated carbocycles. The van der Waals surface area contributed by atoms with Gasteiger partial charge in [-0.1, -0.05) is 125 Å². The summed E-state index contributed by atoms with van der Waals surface area (Å²) in [4.78, 5) is 0. The zero-order chi connectivity index (χ0) is 17.4. The maximum atomic E-state index is 4.24. The van der Waals surface area contributed by atoms with E-state index in [-0.39, 0.29) is 0 Å². The Kier molecular flexibility index (Phi) is 31.9. The molecule has 0 aromatic carbocycles. The fraction of sp³-hybridized carbons (Fsp3) is 1.00. The van der Waals surface area contributed by atoms with Gasteiger partial charge < -0.3 is 0 Å². The smallest absolute Gasteiger partial charge is 0.00793 e. The summed E-state index contributed by atoms with van der Waals surface area (Å²) in [5.74, 6) is 1.07. The summed E-state index contributed by atoms with van der Waals surface area (Å²) < 4.78 is 0. The molecule has 0 saturated heterocycles. The van der Waals surface area contributed by atoms with Gasteiger partial charge in [-0.3, -0.25) is 0 Å². The van der Waals surface area contributed by atoms with Gasteiger partial charge >= 0.3 is 0 Å². The Labute approximate surface area is 161 Å². The summed E-state index contributed by atoms with van der Waals surface area (Å²) in [6.07, 6.45) is 27.2. The van der Waals surface area contributed by atoms with Crippen LogP contribution in [0.25, 0.3) is 0 Å². The molecule has 3 heteroatoms. The van der Waals surface area contributed by atoms with Gasteiger partial charge in [-0.2, -0.15) is 12.6 Å². The lowest BCUT2D eigenvalue weighted by molar-refractivity contribution is 0.532. The molecule has 0 N–H and O–H groups in total. The van der Waals surface area contributed by atoms with Gasteiger partial charge in [-0.05, 0) is 24.7 Å². The van der Waals surface area contributed by atoms with E-state index in [2.05, 4.69) is 32.1 Å². The predicted molar refractivity (Wildman–Crippen MR) is 120 cm³/mol.